The summed E-state index contributed by atoms with van der Waals surface area (Å²) in [5.41, 5.74) is 14.3. The molecular formula is C30H39N5. The molecule has 0 atom stereocenters. The van der Waals surface area contributed by atoms with Gasteiger partial charge in [-0.1, -0.05) is 50.6 Å². The predicted molar refractivity (Wildman–Crippen MR) is 147 cm³/mol. The lowest BCUT2D eigenvalue weighted by molar-refractivity contribution is 0.194. The van der Waals surface area contributed by atoms with E-state index in [1.807, 2.05) is 6.92 Å². The largest absolute Gasteiger partial charge is 0.382 e. The molecule has 0 spiro atoms. The number of aryl methyl sites for hydroxylation is 2. The van der Waals surface area contributed by atoms with Crippen LogP contribution in [0.15, 0.2) is 53.7 Å². The zero-order chi connectivity index (χ0) is 24.8. The molecule has 5 nitrogen and oxygen atoms in total. The van der Waals surface area contributed by atoms with Crippen LogP contribution in [0.2, 0.25) is 0 Å². The Morgan fingerprint density at radius 1 is 1.09 bits per heavy atom. The van der Waals surface area contributed by atoms with Crippen molar-refractivity contribution in [3.05, 3.63) is 71.0 Å². The second-order valence-corrected chi connectivity index (χ2v) is 10.0. The molecule has 2 N–H and O–H groups in total. The Balaban J connectivity index is 1.52. The van der Waals surface area contributed by atoms with Crippen LogP contribution in [0.25, 0.3) is 11.3 Å². The van der Waals surface area contributed by atoms with Crippen molar-refractivity contribution in [2.75, 3.05) is 25.4 Å². The number of aromatic nitrogens is 2. The molecule has 184 valence electrons. The van der Waals surface area contributed by atoms with Crippen LogP contribution >= 0.6 is 0 Å². The fourth-order valence-electron chi connectivity index (χ4n) is 4.78. The summed E-state index contributed by atoms with van der Waals surface area (Å²) in [6, 6.07) is 15.1. The number of hydrogen-bond acceptors (Lipinski definition) is 5. The van der Waals surface area contributed by atoms with Crippen LogP contribution in [0, 0.1) is 12.8 Å². The molecule has 1 saturated heterocycles. The van der Waals surface area contributed by atoms with Gasteiger partial charge in [0.1, 0.15) is 5.69 Å². The Kier molecular flexibility index (Phi) is 8.29. The molecule has 2 heterocycles. The fourth-order valence-corrected chi connectivity index (χ4v) is 4.78. The van der Waals surface area contributed by atoms with Gasteiger partial charge in [0.15, 0.2) is 5.82 Å². The Hall–Kier alpha value is -3.05. The number of aliphatic imine (C=N–C) groups is 1. The quantitative estimate of drug-likeness (QED) is 0.388. The molecule has 35 heavy (non-hydrogen) atoms. The number of piperidine rings is 1. The molecule has 1 aromatic heterocycles. The first-order valence-corrected chi connectivity index (χ1v) is 13.0. The lowest BCUT2D eigenvalue weighted by atomic mass is 9.98. The van der Waals surface area contributed by atoms with E-state index in [4.69, 9.17) is 15.7 Å². The van der Waals surface area contributed by atoms with Crippen LogP contribution in [0.5, 0.6) is 0 Å². The summed E-state index contributed by atoms with van der Waals surface area (Å²) < 4.78 is 0. The van der Waals surface area contributed by atoms with Gasteiger partial charge in [-0.2, -0.15) is 0 Å². The van der Waals surface area contributed by atoms with Gasteiger partial charge < -0.3 is 10.6 Å². The van der Waals surface area contributed by atoms with E-state index < -0.39 is 0 Å². The molecule has 5 heteroatoms. The zero-order valence-corrected chi connectivity index (χ0v) is 21.7. The number of nitrogens with zero attached hydrogens (tertiary/aromatic N) is 4. The van der Waals surface area contributed by atoms with Crippen molar-refractivity contribution in [1.82, 2.24) is 14.9 Å². The Bertz CT molecular complexity index is 1180. The lowest BCUT2D eigenvalue weighted by Crippen LogP contribution is -2.34. The Labute approximate surface area is 210 Å². The summed E-state index contributed by atoms with van der Waals surface area (Å²) in [6.07, 6.45) is 7.66. The molecule has 0 aliphatic carbocycles. The van der Waals surface area contributed by atoms with E-state index in [2.05, 4.69) is 73.1 Å². The minimum absolute atomic E-state index is 0.408. The Morgan fingerprint density at radius 2 is 1.86 bits per heavy atom. The number of hydrogen-bond donors (Lipinski definition) is 1. The number of benzene rings is 2. The molecule has 0 bridgehead atoms. The van der Waals surface area contributed by atoms with Crippen molar-refractivity contribution >= 4 is 17.2 Å². The first kappa shape index (κ1) is 25.1. The van der Waals surface area contributed by atoms with Crippen molar-refractivity contribution in [1.29, 1.82) is 0 Å². The maximum absolute atomic E-state index is 6.23. The number of likely N-dealkylation sites (tertiary alicyclic amines) is 1. The number of rotatable bonds is 8. The van der Waals surface area contributed by atoms with E-state index >= 15 is 0 Å². The SMILES string of the molecule is CCCc1ccc(N=C(C)c2nc(-c3cccc(CCN4CCC(C)CC4)c3)cnc2N)c(C)c1. The summed E-state index contributed by atoms with van der Waals surface area (Å²) in [6.45, 7) is 12.2. The molecule has 0 radical (unpaired) electrons. The maximum atomic E-state index is 6.23. The molecule has 2 aromatic carbocycles. The third kappa shape index (κ3) is 6.55. The van der Waals surface area contributed by atoms with Gasteiger partial charge in [-0.05, 0) is 87.4 Å². The van der Waals surface area contributed by atoms with Gasteiger partial charge in [0.2, 0.25) is 0 Å². The number of nitrogen functional groups attached to an aromatic ring is 1. The van der Waals surface area contributed by atoms with Crippen LogP contribution < -0.4 is 5.73 Å². The second kappa shape index (κ2) is 11.6. The van der Waals surface area contributed by atoms with Gasteiger partial charge in [-0.25, -0.2) is 9.97 Å². The molecular weight excluding hydrogens is 430 g/mol. The average molecular weight is 470 g/mol. The third-order valence-electron chi connectivity index (χ3n) is 7.05. The van der Waals surface area contributed by atoms with E-state index in [-0.39, 0.29) is 0 Å². The highest BCUT2D eigenvalue weighted by Crippen LogP contribution is 2.25. The van der Waals surface area contributed by atoms with E-state index in [1.165, 1.54) is 37.1 Å². The van der Waals surface area contributed by atoms with Gasteiger partial charge in [-0.3, -0.25) is 4.99 Å². The first-order valence-electron chi connectivity index (χ1n) is 13.0. The highest BCUT2D eigenvalue weighted by atomic mass is 15.1. The van der Waals surface area contributed by atoms with Crippen LogP contribution in [0.1, 0.15) is 62.4 Å². The highest BCUT2D eigenvalue weighted by Gasteiger charge is 2.15. The lowest BCUT2D eigenvalue weighted by Gasteiger charge is -2.30. The van der Waals surface area contributed by atoms with Gasteiger partial charge in [0.25, 0.3) is 0 Å². The summed E-state index contributed by atoms with van der Waals surface area (Å²) in [5.74, 6) is 1.27. The normalized spacial score (nSPS) is 15.5. The second-order valence-electron chi connectivity index (χ2n) is 10.0. The highest BCUT2D eigenvalue weighted by molar-refractivity contribution is 6.02. The van der Waals surface area contributed by atoms with Gasteiger partial charge in [0, 0.05) is 12.1 Å². The van der Waals surface area contributed by atoms with Crippen molar-refractivity contribution in [2.45, 2.75) is 59.8 Å². The monoisotopic (exact) mass is 469 g/mol. The Morgan fingerprint density at radius 3 is 2.60 bits per heavy atom. The zero-order valence-electron chi connectivity index (χ0n) is 21.7. The van der Waals surface area contributed by atoms with Gasteiger partial charge in [-0.15, -0.1) is 0 Å². The van der Waals surface area contributed by atoms with Crippen molar-refractivity contribution in [2.24, 2.45) is 10.9 Å². The third-order valence-corrected chi connectivity index (χ3v) is 7.05. The summed E-state index contributed by atoms with van der Waals surface area (Å²) >= 11 is 0. The smallest absolute Gasteiger partial charge is 0.151 e. The van der Waals surface area contributed by atoms with Crippen molar-refractivity contribution in [3.8, 4) is 11.3 Å². The summed E-state index contributed by atoms with van der Waals surface area (Å²) in [4.78, 5) is 16.8. The molecule has 0 saturated carbocycles. The van der Waals surface area contributed by atoms with Crippen molar-refractivity contribution < 1.29 is 0 Å². The molecule has 0 unspecified atom stereocenters. The fraction of sp³-hybridized carbons (Fsp3) is 0.433. The molecule has 3 aromatic rings. The predicted octanol–water partition coefficient (Wildman–Crippen LogP) is 6.40. The van der Waals surface area contributed by atoms with E-state index in [1.54, 1.807) is 6.20 Å². The minimum Gasteiger partial charge on any atom is -0.382 e. The molecule has 1 fully saturated rings. The van der Waals surface area contributed by atoms with Crippen LogP contribution in [0.3, 0.4) is 0 Å². The molecule has 1 aliphatic heterocycles. The standard InChI is InChI=1S/C30H39N5/c1-5-7-24-10-11-27(22(3)18-24)33-23(4)29-30(31)32-20-28(34-29)26-9-6-8-25(19-26)14-17-35-15-12-21(2)13-16-35/h6,8-11,18-21H,5,7,12-17H2,1-4H3,(H2,31,32). The van der Waals surface area contributed by atoms with Crippen LogP contribution in [-0.2, 0) is 12.8 Å². The average Bonchev–Trinajstić information content (AvgIpc) is 2.86. The minimum atomic E-state index is 0.408. The summed E-state index contributed by atoms with van der Waals surface area (Å²) in [7, 11) is 0. The van der Waals surface area contributed by atoms with E-state index in [0.717, 1.165) is 59.9 Å². The van der Waals surface area contributed by atoms with E-state index in [9.17, 15) is 0 Å². The summed E-state index contributed by atoms with van der Waals surface area (Å²) in [5, 5.41) is 0. The first-order chi connectivity index (χ1) is 16.9. The van der Waals surface area contributed by atoms with Gasteiger partial charge >= 0.3 is 0 Å². The molecule has 1 aliphatic rings. The topological polar surface area (TPSA) is 67.4 Å². The van der Waals surface area contributed by atoms with Gasteiger partial charge in [0.05, 0.1) is 23.3 Å². The maximum Gasteiger partial charge on any atom is 0.151 e. The molecule has 4 rings (SSSR count). The van der Waals surface area contributed by atoms with Crippen molar-refractivity contribution in [3.63, 3.8) is 0 Å². The van der Waals surface area contributed by atoms with Crippen LogP contribution in [0.4, 0.5) is 11.5 Å². The van der Waals surface area contributed by atoms with E-state index in [0.29, 0.717) is 11.5 Å². The number of anilines is 1. The number of nitrogens with two attached hydrogens (primary N) is 1. The van der Waals surface area contributed by atoms with Crippen LogP contribution in [-0.4, -0.2) is 40.2 Å². The molecule has 0 amide bonds.